The second-order valence-corrected chi connectivity index (χ2v) is 6.07. The average Bonchev–Trinajstić information content (AvgIpc) is 2.61. The fraction of sp³-hybridized carbons (Fsp3) is 0.381. The van der Waals surface area contributed by atoms with Crippen LogP contribution in [0.5, 0.6) is 0 Å². The van der Waals surface area contributed by atoms with Crippen molar-refractivity contribution in [2.45, 2.75) is 45.8 Å². The molecule has 3 heteroatoms. The van der Waals surface area contributed by atoms with Crippen LogP contribution in [0.2, 0.25) is 0 Å². The van der Waals surface area contributed by atoms with E-state index < -0.39 is 0 Å². The van der Waals surface area contributed by atoms with Crippen LogP contribution in [0.15, 0.2) is 60.7 Å². The lowest BCUT2D eigenvalue weighted by Gasteiger charge is -2.29. The summed E-state index contributed by atoms with van der Waals surface area (Å²) in [6.45, 7) is 6.23. The van der Waals surface area contributed by atoms with Crippen molar-refractivity contribution < 1.29 is 9.53 Å². The molecule has 0 unspecified atom stereocenters. The smallest absolute Gasteiger partial charge is 0.305 e. The molecule has 0 spiro atoms. The number of carbonyl (C=O) groups excluding carboxylic acids is 1. The summed E-state index contributed by atoms with van der Waals surface area (Å²) in [6, 6.07) is 21.2. The van der Waals surface area contributed by atoms with E-state index in [2.05, 4.69) is 60.4 Å². The third-order valence-electron chi connectivity index (χ3n) is 4.15. The maximum absolute atomic E-state index is 11.6. The summed E-state index contributed by atoms with van der Waals surface area (Å²) in [5.74, 6) is -0.108. The molecule has 0 saturated heterocycles. The van der Waals surface area contributed by atoms with E-state index in [9.17, 15) is 4.79 Å². The molecular weight excluding hydrogens is 298 g/mol. The molecule has 24 heavy (non-hydrogen) atoms. The normalized spacial score (nSPS) is 12.1. The first-order valence-electron chi connectivity index (χ1n) is 8.66. The lowest BCUT2D eigenvalue weighted by atomic mass is 10.1. The lowest BCUT2D eigenvalue weighted by molar-refractivity contribution is -0.143. The molecule has 0 N–H and O–H groups in total. The van der Waals surface area contributed by atoms with Crippen molar-refractivity contribution >= 4 is 5.97 Å². The van der Waals surface area contributed by atoms with Crippen molar-refractivity contribution in [3.05, 3.63) is 71.8 Å². The van der Waals surface area contributed by atoms with Crippen molar-refractivity contribution in [2.24, 2.45) is 0 Å². The summed E-state index contributed by atoms with van der Waals surface area (Å²) >= 11 is 0. The number of ether oxygens (including phenoxy) is 1. The Balaban J connectivity index is 2.02. The molecule has 1 atom stereocenters. The van der Waals surface area contributed by atoms with Gasteiger partial charge in [0.05, 0.1) is 6.61 Å². The van der Waals surface area contributed by atoms with Gasteiger partial charge in [-0.15, -0.1) is 0 Å². The van der Waals surface area contributed by atoms with Gasteiger partial charge in [-0.25, -0.2) is 0 Å². The first kappa shape index (κ1) is 18.2. The summed E-state index contributed by atoms with van der Waals surface area (Å²) in [5.41, 5.74) is 2.58. The Labute approximate surface area is 145 Å². The molecule has 2 rings (SSSR count). The maximum Gasteiger partial charge on any atom is 0.305 e. The van der Waals surface area contributed by atoms with E-state index in [1.54, 1.807) is 0 Å². The van der Waals surface area contributed by atoms with E-state index in [1.165, 1.54) is 11.1 Å². The van der Waals surface area contributed by atoms with Crippen molar-refractivity contribution in [3.63, 3.8) is 0 Å². The Bertz CT molecular complexity index is 556. The van der Waals surface area contributed by atoms with Gasteiger partial charge in [-0.1, -0.05) is 60.7 Å². The zero-order valence-electron chi connectivity index (χ0n) is 14.7. The monoisotopic (exact) mass is 325 g/mol. The third kappa shape index (κ3) is 6.17. The molecule has 0 aliphatic carbocycles. The van der Waals surface area contributed by atoms with Crippen LogP contribution < -0.4 is 0 Å². The predicted molar refractivity (Wildman–Crippen MR) is 97.5 cm³/mol. The number of nitrogens with zero attached hydrogens (tertiary/aromatic N) is 1. The highest BCUT2D eigenvalue weighted by Crippen LogP contribution is 2.16. The average molecular weight is 325 g/mol. The Kier molecular flexibility index (Phi) is 7.50. The minimum Gasteiger partial charge on any atom is -0.466 e. The lowest BCUT2D eigenvalue weighted by Crippen LogP contribution is -2.32. The third-order valence-corrected chi connectivity index (χ3v) is 4.15. The molecule has 2 aromatic rings. The molecule has 3 nitrogen and oxygen atoms in total. The SMILES string of the molecule is CCOC(=O)CC[C@H](C)N(Cc1ccccc1)Cc1ccccc1. The Morgan fingerprint density at radius 2 is 1.46 bits per heavy atom. The van der Waals surface area contributed by atoms with E-state index >= 15 is 0 Å². The van der Waals surface area contributed by atoms with Crippen LogP contribution in [-0.4, -0.2) is 23.5 Å². The van der Waals surface area contributed by atoms with Gasteiger partial charge < -0.3 is 4.74 Å². The molecule has 0 aliphatic heterocycles. The fourth-order valence-corrected chi connectivity index (χ4v) is 2.75. The number of rotatable bonds is 9. The topological polar surface area (TPSA) is 29.5 Å². The van der Waals surface area contributed by atoms with Crippen molar-refractivity contribution in [1.29, 1.82) is 0 Å². The molecule has 0 bridgehead atoms. The van der Waals surface area contributed by atoms with Crippen molar-refractivity contribution in [1.82, 2.24) is 4.90 Å². The van der Waals surface area contributed by atoms with Crippen molar-refractivity contribution in [3.8, 4) is 0 Å². The molecule has 0 saturated carbocycles. The van der Waals surface area contributed by atoms with E-state index in [0.717, 1.165) is 19.5 Å². The van der Waals surface area contributed by atoms with Gasteiger partial charge in [0.1, 0.15) is 0 Å². The molecule has 128 valence electrons. The molecule has 0 radical (unpaired) electrons. The van der Waals surface area contributed by atoms with Gasteiger partial charge in [-0.2, -0.15) is 0 Å². The van der Waals surface area contributed by atoms with E-state index in [0.29, 0.717) is 19.1 Å². The van der Waals surface area contributed by atoms with Gasteiger partial charge in [0.2, 0.25) is 0 Å². The first-order chi connectivity index (χ1) is 11.7. The fourth-order valence-electron chi connectivity index (χ4n) is 2.75. The van der Waals surface area contributed by atoms with E-state index in [4.69, 9.17) is 4.74 Å². The van der Waals surface area contributed by atoms with Gasteiger partial charge >= 0.3 is 5.97 Å². The molecule has 2 aromatic carbocycles. The molecule has 0 aromatic heterocycles. The highest BCUT2D eigenvalue weighted by Gasteiger charge is 2.16. The largest absolute Gasteiger partial charge is 0.466 e. The quantitative estimate of drug-likeness (QED) is 0.639. The second-order valence-electron chi connectivity index (χ2n) is 6.07. The number of hydrogen-bond donors (Lipinski definition) is 0. The highest BCUT2D eigenvalue weighted by atomic mass is 16.5. The maximum atomic E-state index is 11.6. The number of carbonyl (C=O) groups is 1. The molecule has 0 heterocycles. The van der Waals surface area contributed by atoms with Crippen LogP contribution in [-0.2, 0) is 22.6 Å². The van der Waals surface area contributed by atoms with E-state index in [1.807, 2.05) is 19.1 Å². The van der Waals surface area contributed by atoms with Gasteiger partial charge in [0.25, 0.3) is 0 Å². The Hall–Kier alpha value is -2.13. The first-order valence-corrected chi connectivity index (χ1v) is 8.66. The van der Waals surface area contributed by atoms with Crippen LogP contribution in [0, 0.1) is 0 Å². The van der Waals surface area contributed by atoms with Gasteiger partial charge in [0, 0.05) is 25.6 Å². The molecule has 0 amide bonds. The Morgan fingerprint density at radius 1 is 0.958 bits per heavy atom. The van der Waals surface area contributed by atoms with Gasteiger partial charge in [-0.05, 0) is 31.4 Å². The Morgan fingerprint density at radius 3 is 1.92 bits per heavy atom. The standard InChI is InChI=1S/C21H27NO2/c1-3-24-21(23)15-14-18(2)22(16-19-10-6-4-7-11-19)17-20-12-8-5-9-13-20/h4-13,18H,3,14-17H2,1-2H3/t18-/m0/s1. The second kappa shape index (κ2) is 9.89. The summed E-state index contributed by atoms with van der Waals surface area (Å²) < 4.78 is 5.05. The summed E-state index contributed by atoms with van der Waals surface area (Å²) in [4.78, 5) is 14.1. The van der Waals surface area contributed by atoms with Crippen LogP contribution in [0.1, 0.15) is 37.8 Å². The number of esters is 1. The molecule has 0 fully saturated rings. The van der Waals surface area contributed by atoms with Crippen LogP contribution in [0.3, 0.4) is 0 Å². The zero-order valence-corrected chi connectivity index (χ0v) is 14.7. The minimum atomic E-state index is -0.108. The molecule has 0 aliphatic rings. The predicted octanol–water partition coefficient (Wildman–Crippen LogP) is 4.42. The number of hydrogen-bond acceptors (Lipinski definition) is 3. The van der Waals surface area contributed by atoms with Crippen LogP contribution >= 0.6 is 0 Å². The summed E-state index contributed by atoms with van der Waals surface area (Å²) in [7, 11) is 0. The summed E-state index contributed by atoms with van der Waals surface area (Å²) in [6.07, 6.45) is 1.27. The highest BCUT2D eigenvalue weighted by molar-refractivity contribution is 5.69. The van der Waals surface area contributed by atoms with E-state index in [-0.39, 0.29) is 5.97 Å². The van der Waals surface area contributed by atoms with Crippen molar-refractivity contribution in [2.75, 3.05) is 6.61 Å². The van der Waals surface area contributed by atoms with Crippen LogP contribution in [0.4, 0.5) is 0 Å². The zero-order chi connectivity index (χ0) is 17.2. The van der Waals surface area contributed by atoms with Gasteiger partial charge in [0.15, 0.2) is 0 Å². The number of benzene rings is 2. The van der Waals surface area contributed by atoms with Crippen LogP contribution in [0.25, 0.3) is 0 Å². The molecular formula is C21H27NO2. The summed E-state index contributed by atoms with van der Waals surface area (Å²) in [5, 5.41) is 0. The van der Waals surface area contributed by atoms with Gasteiger partial charge in [-0.3, -0.25) is 9.69 Å². The minimum absolute atomic E-state index is 0.108.